The second kappa shape index (κ2) is 5.17. The van der Waals surface area contributed by atoms with Crippen LogP contribution in [0.4, 0.5) is 8.78 Å². The average Bonchev–Trinajstić information content (AvgIpc) is 2.71. The molecule has 0 spiro atoms. The van der Waals surface area contributed by atoms with Gasteiger partial charge < -0.3 is 9.26 Å². The molecule has 2 rings (SSSR count). The topological polar surface area (TPSA) is 52.3 Å². The van der Waals surface area contributed by atoms with E-state index in [-0.39, 0.29) is 23.6 Å². The fraction of sp³-hybridized carbons (Fsp3) is 0.231. The molecule has 4 nitrogen and oxygen atoms in total. The minimum Gasteiger partial charge on any atom is -0.462 e. The first-order valence-corrected chi connectivity index (χ1v) is 5.64. The fourth-order valence-corrected chi connectivity index (χ4v) is 1.71. The number of aryl methyl sites for hydroxylation is 1. The maximum atomic E-state index is 13.7. The van der Waals surface area contributed by atoms with Crippen LogP contribution in [0.1, 0.15) is 23.0 Å². The maximum Gasteiger partial charge on any atom is 0.344 e. The smallest absolute Gasteiger partial charge is 0.344 e. The lowest BCUT2D eigenvalue weighted by molar-refractivity contribution is 0.0525. The molecular formula is C13H11F2NO3. The van der Waals surface area contributed by atoms with Gasteiger partial charge in [0.05, 0.1) is 12.2 Å². The van der Waals surface area contributed by atoms with Crippen LogP contribution >= 0.6 is 0 Å². The Hall–Kier alpha value is -2.24. The van der Waals surface area contributed by atoms with E-state index in [1.807, 2.05) is 0 Å². The number of aromatic nitrogens is 1. The summed E-state index contributed by atoms with van der Waals surface area (Å²) in [6.07, 6.45) is 0. The van der Waals surface area contributed by atoms with Crippen LogP contribution in [0.15, 0.2) is 22.7 Å². The van der Waals surface area contributed by atoms with E-state index in [4.69, 9.17) is 9.26 Å². The normalized spacial score (nSPS) is 10.5. The van der Waals surface area contributed by atoms with E-state index in [0.717, 1.165) is 12.1 Å². The summed E-state index contributed by atoms with van der Waals surface area (Å²) in [6.45, 7) is 3.24. The van der Waals surface area contributed by atoms with Crippen molar-refractivity contribution in [1.29, 1.82) is 0 Å². The highest BCUT2D eigenvalue weighted by Crippen LogP contribution is 2.30. The van der Waals surface area contributed by atoms with Crippen LogP contribution in [0, 0.1) is 18.6 Å². The monoisotopic (exact) mass is 267 g/mol. The maximum absolute atomic E-state index is 13.7. The Labute approximate surface area is 108 Å². The number of rotatable bonds is 3. The van der Waals surface area contributed by atoms with Crippen LogP contribution in [-0.4, -0.2) is 17.7 Å². The Balaban J connectivity index is 2.61. The van der Waals surface area contributed by atoms with Crippen LogP contribution in [0.25, 0.3) is 11.3 Å². The van der Waals surface area contributed by atoms with Crippen molar-refractivity contribution >= 4 is 5.97 Å². The van der Waals surface area contributed by atoms with Gasteiger partial charge in [-0.05, 0) is 26.0 Å². The summed E-state index contributed by atoms with van der Waals surface area (Å²) in [5.41, 5.74) is -0.653. The molecule has 0 N–H and O–H groups in total. The summed E-state index contributed by atoms with van der Waals surface area (Å²) in [7, 11) is 0. The number of nitrogens with zero attached hydrogens (tertiary/aromatic N) is 1. The molecule has 0 saturated carbocycles. The molecular weight excluding hydrogens is 256 g/mol. The molecule has 0 saturated heterocycles. The SMILES string of the molecule is CCOC(=O)c1c(-c2c(F)cccc2F)noc1C. The third-order valence-corrected chi connectivity index (χ3v) is 2.54. The first-order valence-electron chi connectivity index (χ1n) is 5.64. The second-order valence-electron chi connectivity index (χ2n) is 3.78. The number of halogens is 2. The molecule has 0 aliphatic heterocycles. The number of carbonyl (C=O) groups is 1. The van der Waals surface area contributed by atoms with Gasteiger partial charge in [0, 0.05) is 0 Å². The van der Waals surface area contributed by atoms with Gasteiger partial charge in [-0.2, -0.15) is 0 Å². The minimum atomic E-state index is -0.821. The number of esters is 1. The Morgan fingerprint density at radius 3 is 2.58 bits per heavy atom. The van der Waals surface area contributed by atoms with Crippen molar-refractivity contribution in [2.75, 3.05) is 6.61 Å². The zero-order chi connectivity index (χ0) is 14.0. The summed E-state index contributed by atoms with van der Waals surface area (Å²) in [5, 5.41) is 3.56. The molecule has 0 radical (unpaired) electrons. The Morgan fingerprint density at radius 1 is 1.37 bits per heavy atom. The first-order chi connectivity index (χ1) is 9.06. The van der Waals surface area contributed by atoms with Gasteiger partial charge in [-0.25, -0.2) is 13.6 Å². The predicted molar refractivity (Wildman–Crippen MR) is 62.5 cm³/mol. The van der Waals surface area contributed by atoms with Crippen LogP contribution in [0.3, 0.4) is 0 Å². The van der Waals surface area contributed by atoms with Crippen molar-refractivity contribution in [3.8, 4) is 11.3 Å². The van der Waals surface area contributed by atoms with Gasteiger partial charge in [-0.1, -0.05) is 11.2 Å². The Morgan fingerprint density at radius 2 is 2.00 bits per heavy atom. The predicted octanol–water partition coefficient (Wildman–Crippen LogP) is 3.10. The third-order valence-electron chi connectivity index (χ3n) is 2.54. The van der Waals surface area contributed by atoms with E-state index in [9.17, 15) is 13.6 Å². The number of carbonyl (C=O) groups excluding carboxylic acids is 1. The van der Waals surface area contributed by atoms with Crippen LogP contribution in [-0.2, 0) is 4.74 Å². The van der Waals surface area contributed by atoms with Crippen molar-refractivity contribution in [2.24, 2.45) is 0 Å². The molecule has 6 heteroatoms. The zero-order valence-electron chi connectivity index (χ0n) is 10.4. The molecule has 0 aliphatic carbocycles. The fourth-order valence-electron chi connectivity index (χ4n) is 1.71. The van der Waals surface area contributed by atoms with Gasteiger partial charge in [-0.15, -0.1) is 0 Å². The highest BCUT2D eigenvalue weighted by molar-refractivity contribution is 5.97. The average molecular weight is 267 g/mol. The molecule has 1 aromatic heterocycles. The van der Waals surface area contributed by atoms with Gasteiger partial charge in [0.25, 0.3) is 0 Å². The Bertz CT molecular complexity index is 602. The molecule has 0 bridgehead atoms. The molecule has 0 aliphatic rings. The molecule has 1 aromatic carbocycles. The van der Waals surface area contributed by atoms with E-state index in [1.54, 1.807) is 6.92 Å². The summed E-state index contributed by atoms with van der Waals surface area (Å²) >= 11 is 0. The molecule has 1 heterocycles. The molecule has 100 valence electrons. The standard InChI is InChI=1S/C13H11F2NO3/c1-3-18-13(17)10-7(2)19-16-12(10)11-8(14)5-4-6-9(11)15/h4-6H,3H2,1-2H3. The number of hydrogen-bond donors (Lipinski definition) is 0. The molecule has 0 amide bonds. The Kier molecular flexibility index (Phi) is 3.59. The summed E-state index contributed by atoms with van der Waals surface area (Å²) < 4.78 is 37.1. The third kappa shape index (κ3) is 2.33. The highest BCUT2D eigenvalue weighted by atomic mass is 19.1. The lowest BCUT2D eigenvalue weighted by Crippen LogP contribution is -2.07. The van der Waals surface area contributed by atoms with Crippen LogP contribution in [0.2, 0.25) is 0 Å². The minimum absolute atomic E-state index is 0.0640. The van der Waals surface area contributed by atoms with Crippen molar-refractivity contribution in [1.82, 2.24) is 5.16 Å². The molecule has 19 heavy (non-hydrogen) atoms. The van der Waals surface area contributed by atoms with E-state index in [2.05, 4.69) is 5.16 Å². The van der Waals surface area contributed by atoms with Gasteiger partial charge in [0.2, 0.25) is 0 Å². The summed E-state index contributed by atoms with van der Waals surface area (Å²) in [5.74, 6) is -2.22. The summed E-state index contributed by atoms with van der Waals surface area (Å²) in [6, 6.07) is 3.39. The molecule has 0 unspecified atom stereocenters. The zero-order valence-corrected chi connectivity index (χ0v) is 10.4. The van der Waals surface area contributed by atoms with Crippen molar-refractivity contribution < 1.29 is 22.8 Å². The van der Waals surface area contributed by atoms with Crippen molar-refractivity contribution in [2.45, 2.75) is 13.8 Å². The number of ether oxygens (including phenoxy) is 1. The van der Waals surface area contributed by atoms with Crippen molar-refractivity contribution in [3.63, 3.8) is 0 Å². The lowest BCUT2D eigenvalue weighted by Gasteiger charge is -2.04. The lowest BCUT2D eigenvalue weighted by atomic mass is 10.1. The molecule has 2 aromatic rings. The van der Waals surface area contributed by atoms with Gasteiger partial charge in [0.1, 0.15) is 28.7 Å². The number of benzene rings is 1. The number of hydrogen-bond acceptors (Lipinski definition) is 4. The molecule has 0 fully saturated rings. The van der Waals surface area contributed by atoms with Crippen molar-refractivity contribution in [3.05, 3.63) is 41.2 Å². The second-order valence-corrected chi connectivity index (χ2v) is 3.78. The van der Waals surface area contributed by atoms with Crippen LogP contribution < -0.4 is 0 Å². The first kappa shape index (κ1) is 13.2. The molecule has 0 atom stereocenters. The van der Waals surface area contributed by atoms with Gasteiger partial charge >= 0.3 is 5.97 Å². The van der Waals surface area contributed by atoms with Crippen LogP contribution in [0.5, 0.6) is 0 Å². The summed E-state index contributed by atoms with van der Waals surface area (Å²) in [4.78, 5) is 11.8. The quantitative estimate of drug-likeness (QED) is 0.802. The highest BCUT2D eigenvalue weighted by Gasteiger charge is 2.26. The van der Waals surface area contributed by atoms with Gasteiger partial charge in [-0.3, -0.25) is 0 Å². The van der Waals surface area contributed by atoms with E-state index in [1.165, 1.54) is 13.0 Å². The van der Waals surface area contributed by atoms with E-state index >= 15 is 0 Å². The largest absolute Gasteiger partial charge is 0.462 e. The van der Waals surface area contributed by atoms with E-state index < -0.39 is 23.2 Å². The van der Waals surface area contributed by atoms with Gasteiger partial charge in [0.15, 0.2) is 0 Å². The van der Waals surface area contributed by atoms with E-state index in [0.29, 0.717) is 0 Å².